The van der Waals surface area contributed by atoms with Crippen molar-refractivity contribution in [3.8, 4) is 51.8 Å². The largest absolute Gasteiger partial charge is 0.481 e. The molecule has 3 aliphatic rings. The number of carbonyl (C=O) groups excluding carboxylic acids is 1. The topological polar surface area (TPSA) is 302 Å². The normalized spacial score (nSPS) is 14.3. The average molecular weight is 1420 g/mol. The molecule has 27 heteroatoms. The molecule has 1 amide bonds. The summed E-state index contributed by atoms with van der Waals surface area (Å²) in [5.41, 5.74) is 18.5. The Morgan fingerprint density at radius 2 is 0.792 bits per heavy atom. The van der Waals surface area contributed by atoms with E-state index in [9.17, 15) is 4.79 Å². The number of nitrogens with zero attached hydrogens (tertiary/aromatic N) is 20. The average Bonchev–Trinajstić information content (AvgIpc) is 1.06. The van der Waals surface area contributed by atoms with Crippen molar-refractivity contribution in [1.29, 1.82) is 0 Å². The number of aromatic nitrogens is 18. The van der Waals surface area contributed by atoms with Gasteiger partial charge in [-0.1, -0.05) is 12.1 Å². The number of anilines is 2. The molecule has 12 aromatic heterocycles. The van der Waals surface area contributed by atoms with Crippen LogP contribution in [0.5, 0.6) is 17.6 Å². The Hall–Kier alpha value is -11.8. The van der Waals surface area contributed by atoms with E-state index in [1.807, 2.05) is 138 Å². The first kappa shape index (κ1) is 72.5. The summed E-state index contributed by atoms with van der Waals surface area (Å²) in [5, 5.41) is 21.9. The Kier molecular flexibility index (Phi) is 23.4. The zero-order valence-electron chi connectivity index (χ0n) is 61.5. The van der Waals surface area contributed by atoms with Gasteiger partial charge in [0.05, 0.1) is 61.1 Å². The molecule has 3 fully saturated rings. The number of aromatic amines is 3. The summed E-state index contributed by atoms with van der Waals surface area (Å²) in [5.74, 6) is 6.17. The Bertz CT molecular complexity index is 4630. The highest BCUT2D eigenvalue weighted by Gasteiger charge is 2.26. The van der Waals surface area contributed by atoms with Gasteiger partial charge in [0.15, 0.2) is 17.5 Å². The maximum absolute atomic E-state index is 12.8. The van der Waals surface area contributed by atoms with E-state index >= 15 is 0 Å². The van der Waals surface area contributed by atoms with E-state index in [1.165, 1.54) is 11.1 Å². The Morgan fingerprint density at radius 1 is 0.396 bits per heavy atom. The third kappa shape index (κ3) is 19.3. The molecule has 0 saturated carbocycles. The second kappa shape index (κ2) is 34.2. The molecular formula is C79H89N23O4. The van der Waals surface area contributed by atoms with Gasteiger partial charge in [0.25, 0.3) is 5.91 Å². The fraction of sp³-hybridized carbons (Fsp3) is 0.342. The zero-order valence-corrected chi connectivity index (χ0v) is 61.5. The van der Waals surface area contributed by atoms with Gasteiger partial charge in [-0.25, -0.2) is 54.8 Å². The highest BCUT2D eigenvalue weighted by atomic mass is 16.5. The van der Waals surface area contributed by atoms with Crippen molar-refractivity contribution in [2.24, 2.45) is 0 Å². The maximum atomic E-state index is 12.8. The number of nitrogens with one attached hydrogen (secondary N) is 3. The number of piperidine rings is 1. The van der Waals surface area contributed by atoms with Crippen LogP contribution in [0.25, 0.3) is 34.2 Å². The lowest BCUT2D eigenvalue weighted by atomic mass is 9.92. The van der Waals surface area contributed by atoms with Gasteiger partial charge >= 0.3 is 0 Å². The first-order valence-corrected chi connectivity index (χ1v) is 35.8. The van der Waals surface area contributed by atoms with Crippen LogP contribution in [0.4, 0.5) is 11.6 Å². The Balaban J connectivity index is 0.000000141. The number of amides is 1. The molecule has 544 valence electrons. The molecule has 15 heterocycles. The van der Waals surface area contributed by atoms with Crippen molar-refractivity contribution in [3.05, 3.63) is 237 Å². The number of ether oxygens (including phenoxy) is 3. The first-order valence-electron chi connectivity index (χ1n) is 35.8. The molecule has 0 atom stereocenters. The van der Waals surface area contributed by atoms with Gasteiger partial charge in [-0.15, -0.1) is 0 Å². The van der Waals surface area contributed by atoms with Gasteiger partial charge in [0, 0.05) is 203 Å². The van der Waals surface area contributed by atoms with Gasteiger partial charge in [0.1, 0.15) is 11.6 Å². The molecule has 0 bridgehead atoms. The van der Waals surface area contributed by atoms with Crippen LogP contribution >= 0.6 is 0 Å². The van der Waals surface area contributed by atoms with Crippen LogP contribution in [0.15, 0.2) is 146 Å². The number of pyridine rings is 6. The van der Waals surface area contributed by atoms with E-state index < -0.39 is 0 Å². The van der Waals surface area contributed by atoms with Crippen molar-refractivity contribution >= 4 is 17.5 Å². The van der Waals surface area contributed by atoms with E-state index in [0.29, 0.717) is 92.0 Å². The van der Waals surface area contributed by atoms with Crippen LogP contribution < -0.4 is 24.0 Å². The minimum absolute atomic E-state index is 0.0227. The summed E-state index contributed by atoms with van der Waals surface area (Å²) in [6, 6.07) is 36.0. The van der Waals surface area contributed by atoms with Crippen LogP contribution in [0.1, 0.15) is 114 Å². The Morgan fingerprint density at radius 3 is 1.14 bits per heavy atom. The standard InChI is InChI=1S/C27H31N7O.C26H28N8O2.C26H30N8O/c1-18-12-23(14-24-13-19(2)32-33-24)31-27(30-18)22-5-6-25(28-16-22)21-8-10-34(11-9-21)17-20-4-7-26(35-3)29-15-20;1-17-12-21(14-22-13-18(2)31-32-22)30-25(29-17)19-4-6-23(27-15-19)33-8-10-34(11-9-33)26(35)20-5-7-24(36-3)28-16-20;1-18-12-22(14-23-13-19(2)31-32-23)30-26(29-18)21-5-6-24(27-16-21)34-10-8-33(9-11-34)17-20-4-7-25(35-3)28-15-20/h4-7,12-13,15-16,21H,8-11,14,17H2,1-3H3,(H,32,33);4-7,12-13,15-16H,8-11,14H2,1-3H3,(H,31,32);4-7,12-13,15-16H,8-11,14,17H2,1-3H3,(H,31,32). The minimum Gasteiger partial charge on any atom is -0.481 e. The summed E-state index contributed by atoms with van der Waals surface area (Å²) in [6.45, 7) is 22.3. The number of hydrogen-bond acceptors (Lipinski definition) is 23. The SMILES string of the molecule is COc1ccc(C(=O)N2CCN(c3ccc(-c4nc(C)cc(Cc5cc(C)[nH]n5)n4)cn3)CC2)cn1.COc1ccc(CN2CCC(c3ccc(-c4nc(C)cc(Cc5cc(C)[nH]n5)n4)cn3)CC2)cn1.COc1ccc(CN2CCN(c3ccc(-c4nc(C)cc(Cc5cc(C)[nH]n5)n4)cn3)CC2)cn1. The lowest BCUT2D eigenvalue weighted by Crippen LogP contribution is -2.49. The Labute approximate surface area is 616 Å². The van der Waals surface area contributed by atoms with E-state index in [1.54, 1.807) is 39.7 Å². The highest BCUT2D eigenvalue weighted by Crippen LogP contribution is 2.30. The number of likely N-dealkylation sites (tertiary alicyclic amines) is 1. The molecule has 3 saturated heterocycles. The van der Waals surface area contributed by atoms with Gasteiger partial charge in [-0.2, -0.15) is 15.3 Å². The third-order valence-electron chi connectivity index (χ3n) is 18.8. The van der Waals surface area contributed by atoms with E-state index in [2.05, 4.69) is 121 Å². The summed E-state index contributed by atoms with van der Waals surface area (Å²) in [6.07, 6.45) is 15.1. The van der Waals surface area contributed by atoms with Crippen LogP contribution in [-0.4, -0.2) is 198 Å². The molecule has 12 aromatic rings. The van der Waals surface area contributed by atoms with Crippen molar-refractivity contribution in [1.82, 2.24) is 105 Å². The van der Waals surface area contributed by atoms with E-state index in [-0.39, 0.29) is 5.91 Å². The smallest absolute Gasteiger partial charge is 0.255 e. The first-order chi connectivity index (χ1) is 51.6. The maximum Gasteiger partial charge on any atom is 0.255 e. The molecule has 0 spiro atoms. The van der Waals surface area contributed by atoms with Crippen molar-refractivity contribution in [2.45, 2.75) is 92.7 Å². The van der Waals surface area contributed by atoms with Crippen LogP contribution in [0.3, 0.4) is 0 Å². The van der Waals surface area contributed by atoms with Gasteiger partial charge in [0.2, 0.25) is 17.6 Å². The number of carbonyl (C=O) groups is 1. The van der Waals surface area contributed by atoms with E-state index in [4.69, 9.17) is 39.1 Å². The monoisotopic (exact) mass is 1420 g/mol. The molecular weight excluding hydrogens is 1340 g/mol. The van der Waals surface area contributed by atoms with E-state index in [0.717, 1.165) is 168 Å². The predicted molar refractivity (Wildman–Crippen MR) is 404 cm³/mol. The quantitative estimate of drug-likeness (QED) is 0.0639. The summed E-state index contributed by atoms with van der Waals surface area (Å²) in [7, 11) is 4.83. The second-order valence-electron chi connectivity index (χ2n) is 27.0. The van der Waals surface area contributed by atoms with Gasteiger partial charge in [-0.3, -0.25) is 34.9 Å². The predicted octanol–water partition coefficient (Wildman–Crippen LogP) is 10.3. The molecule has 0 unspecified atom stereocenters. The number of methoxy groups -OCH3 is 3. The number of aryl methyl sites for hydroxylation is 6. The number of rotatable bonds is 20. The number of hydrogen-bond donors (Lipinski definition) is 3. The summed E-state index contributed by atoms with van der Waals surface area (Å²) >= 11 is 0. The number of H-pyrrole nitrogens is 3. The lowest BCUT2D eigenvalue weighted by molar-refractivity contribution is 0.0746. The molecule has 0 aliphatic carbocycles. The zero-order chi connectivity index (χ0) is 73.5. The molecule has 0 aromatic carbocycles. The molecule has 0 radical (unpaired) electrons. The minimum atomic E-state index is -0.0227. The summed E-state index contributed by atoms with van der Waals surface area (Å²) < 4.78 is 15.4. The van der Waals surface area contributed by atoms with Crippen LogP contribution in [0, 0.1) is 41.5 Å². The second-order valence-corrected chi connectivity index (χ2v) is 27.0. The van der Waals surface area contributed by atoms with Crippen molar-refractivity contribution in [2.75, 3.05) is 96.6 Å². The van der Waals surface area contributed by atoms with Crippen molar-refractivity contribution < 1.29 is 19.0 Å². The molecule has 3 aliphatic heterocycles. The third-order valence-corrected chi connectivity index (χ3v) is 18.8. The van der Waals surface area contributed by atoms with Crippen LogP contribution in [-0.2, 0) is 32.4 Å². The number of piperazine rings is 2. The summed E-state index contributed by atoms with van der Waals surface area (Å²) in [4.78, 5) is 79.3. The fourth-order valence-electron chi connectivity index (χ4n) is 13.2. The molecule has 15 rings (SSSR count). The van der Waals surface area contributed by atoms with Gasteiger partial charge < -0.3 is 28.9 Å². The molecule has 3 N–H and O–H groups in total. The van der Waals surface area contributed by atoms with Gasteiger partial charge in [-0.05, 0) is 157 Å². The van der Waals surface area contributed by atoms with Crippen molar-refractivity contribution in [3.63, 3.8) is 0 Å². The lowest BCUT2D eigenvalue weighted by Gasteiger charge is -2.35. The molecule has 27 nitrogen and oxygen atoms in total. The molecule has 106 heavy (non-hydrogen) atoms. The van der Waals surface area contributed by atoms with Crippen LogP contribution in [0.2, 0.25) is 0 Å². The highest BCUT2D eigenvalue weighted by molar-refractivity contribution is 5.94. The fourth-order valence-corrected chi connectivity index (χ4v) is 13.2.